The Bertz CT molecular complexity index is 1220. The van der Waals surface area contributed by atoms with Crippen molar-refractivity contribution in [1.82, 2.24) is 5.32 Å². The Morgan fingerprint density at radius 3 is 1.88 bits per heavy atom. The van der Waals surface area contributed by atoms with E-state index in [0.717, 1.165) is 24.2 Å². The topological polar surface area (TPSA) is 90.9 Å². The number of Topliss-reactive ketones (excluding diaryl/α,β-unsaturated/α-hetero) is 1. The molecule has 0 unspecified atom stereocenters. The van der Waals surface area contributed by atoms with E-state index in [2.05, 4.69) is 12.2 Å². The number of rotatable bonds is 16. The first-order chi connectivity index (χ1) is 19.4. The van der Waals surface area contributed by atoms with Crippen molar-refractivity contribution >= 4 is 17.7 Å². The number of hydrogen-bond donors (Lipinski definition) is 1. The highest BCUT2D eigenvalue weighted by atomic mass is 16.5. The lowest BCUT2D eigenvalue weighted by molar-refractivity contribution is -0.118. The molecule has 0 spiro atoms. The maximum absolute atomic E-state index is 12.7. The van der Waals surface area contributed by atoms with Crippen LogP contribution < -0.4 is 19.5 Å². The first kappa shape index (κ1) is 30.4. The molecule has 0 saturated heterocycles. The molecule has 7 nitrogen and oxygen atoms in total. The second-order valence-electron chi connectivity index (χ2n) is 9.62. The molecule has 0 saturated carbocycles. The quantitative estimate of drug-likeness (QED) is 0.124. The lowest BCUT2D eigenvalue weighted by Crippen LogP contribution is -2.41. The smallest absolute Gasteiger partial charge is 0.343 e. The number of benzene rings is 3. The molecule has 0 aliphatic rings. The van der Waals surface area contributed by atoms with Crippen molar-refractivity contribution in [2.24, 2.45) is 0 Å². The molecule has 0 fully saturated rings. The predicted molar refractivity (Wildman–Crippen MR) is 155 cm³/mol. The van der Waals surface area contributed by atoms with Gasteiger partial charge in [-0.15, -0.1) is 0 Å². The Balaban J connectivity index is 1.50. The highest BCUT2D eigenvalue weighted by molar-refractivity contribution is 5.97. The second-order valence-corrected chi connectivity index (χ2v) is 9.62. The molecule has 0 radical (unpaired) electrons. The molecular formula is C33H39NO6. The molecule has 3 aromatic rings. The van der Waals surface area contributed by atoms with Crippen LogP contribution in [-0.2, 0) is 11.2 Å². The van der Waals surface area contributed by atoms with Gasteiger partial charge in [-0.3, -0.25) is 9.59 Å². The standard InChI is InChI=1S/C33H39NO6/c1-4-6-7-8-9-22-39-29-20-14-27(15-21-29)33(37)40-30-16-10-25(11-17-30)23-31(24(3)35)34-32(36)26-12-18-28(19-13-26)38-5-2/h10-21,31H,4-9,22-23H2,1-3H3,(H,34,36)/t31-/m0/s1. The van der Waals surface area contributed by atoms with Gasteiger partial charge in [-0.2, -0.15) is 0 Å². The normalized spacial score (nSPS) is 11.4. The molecule has 212 valence electrons. The second kappa shape index (κ2) is 16.1. The molecule has 1 N–H and O–H groups in total. The molecular weight excluding hydrogens is 506 g/mol. The van der Waals surface area contributed by atoms with Crippen molar-refractivity contribution in [2.75, 3.05) is 13.2 Å². The van der Waals surface area contributed by atoms with Crippen LogP contribution >= 0.6 is 0 Å². The Morgan fingerprint density at radius 2 is 1.27 bits per heavy atom. The number of hydrogen-bond acceptors (Lipinski definition) is 6. The molecule has 1 amide bonds. The summed E-state index contributed by atoms with van der Waals surface area (Å²) in [6, 6.07) is 19.9. The summed E-state index contributed by atoms with van der Waals surface area (Å²) in [6.07, 6.45) is 6.18. The van der Waals surface area contributed by atoms with Crippen molar-refractivity contribution in [2.45, 2.75) is 65.3 Å². The van der Waals surface area contributed by atoms with Gasteiger partial charge in [0.25, 0.3) is 5.91 Å². The molecule has 0 aliphatic heterocycles. The van der Waals surface area contributed by atoms with Crippen LogP contribution in [0.2, 0.25) is 0 Å². The fourth-order valence-electron chi connectivity index (χ4n) is 4.09. The molecule has 7 heteroatoms. The first-order valence-electron chi connectivity index (χ1n) is 14.0. The number of amides is 1. The fraction of sp³-hybridized carbons (Fsp3) is 0.364. The van der Waals surface area contributed by atoms with Crippen LogP contribution in [0, 0.1) is 0 Å². The van der Waals surface area contributed by atoms with Crippen molar-refractivity contribution in [3.05, 3.63) is 89.5 Å². The molecule has 0 aliphatic carbocycles. The van der Waals surface area contributed by atoms with E-state index in [-0.39, 0.29) is 11.7 Å². The van der Waals surface area contributed by atoms with Crippen molar-refractivity contribution < 1.29 is 28.6 Å². The zero-order chi connectivity index (χ0) is 28.7. The maximum atomic E-state index is 12.7. The van der Waals surface area contributed by atoms with Gasteiger partial charge in [-0.25, -0.2) is 4.79 Å². The van der Waals surface area contributed by atoms with E-state index in [1.54, 1.807) is 72.8 Å². The number of ether oxygens (including phenoxy) is 3. The molecule has 3 aromatic carbocycles. The largest absolute Gasteiger partial charge is 0.494 e. The van der Waals surface area contributed by atoms with E-state index < -0.39 is 12.0 Å². The van der Waals surface area contributed by atoms with E-state index in [4.69, 9.17) is 14.2 Å². The van der Waals surface area contributed by atoms with Gasteiger partial charge in [0.1, 0.15) is 17.2 Å². The monoisotopic (exact) mass is 545 g/mol. The van der Waals surface area contributed by atoms with Gasteiger partial charge < -0.3 is 19.5 Å². The van der Waals surface area contributed by atoms with E-state index in [0.29, 0.717) is 42.3 Å². The van der Waals surface area contributed by atoms with Gasteiger partial charge in [0.2, 0.25) is 0 Å². The molecule has 3 rings (SSSR count). The summed E-state index contributed by atoms with van der Waals surface area (Å²) < 4.78 is 16.7. The third-order valence-electron chi connectivity index (χ3n) is 6.40. The van der Waals surface area contributed by atoms with E-state index in [9.17, 15) is 14.4 Å². The van der Waals surface area contributed by atoms with Crippen LogP contribution in [0.25, 0.3) is 0 Å². The molecule has 1 atom stereocenters. The third-order valence-corrected chi connectivity index (χ3v) is 6.40. The zero-order valence-corrected chi connectivity index (χ0v) is 23.6. The highest BCUT2D eigenvalue weighted by Gasteiger charge is 2.19. The number of carbonyl (C=O) groups is 3. The minimum absolute atomic E-state index is 0.154. The van der Waals surface area contributed by atoms with Crippen LogP contribution in [-0.4, -0.2) is 36.9 Å². The average Bonchev–Trinajstić information content (AvgIpc) is 2.96. The van der Waals surface area contributed by atoms with Crippen LogP contribution in [0.1, 0.15) is 79.2 Å². The van der Waals surface area contributed by atoms with Crippen LogP contribution in [0.4, 0.5) is 0 Å². The molecule has 0 bridgehead atoms. The van der Waals surface area contributed by atoms with E-state index in [1.807, 2.05) is 6.92 Å². The number of nitrogens with one attached hydrogen (secondary N) is 1. The molecule has 0 aromatic heterocycles. The van der Waals surface area contributed by atoms with Crippen LogP contribution in [0.5, 0.6) is 17.2 Å². The Hall–Kier alpha value is -4.13. The average molecular weight is 546 g/mol. The summed E-state index contributed by atoms with van der Waals surface area (Å²) in [5.41, 5.74) is 1.69. The first-order valence-corrected chi connectivity index (χ1v) is 14.0. The van der Waals surface area contributed by atoms with Gasteiger partial charge in [0.15, 0.2) is 5.78 Å². The SMILES string of the molecule is CCCCCCCOc1ccc(C(=O)Oc2ccc(C[C@H](NC(=O)c3ccc(OCC)cc3)C(C)=O)cc2)cc1. The Morgan fingerprint density at radius 1 is 0.700 bits per heavy atom. The highest BCUT2D eigenvalue weighted by Crippen LogP contribution is 2.18. The summed E-state index contributed by atoms with van der Waals surface area (Å²) >= 11 is 0. The minimum atomic E-state index is -0.690. The Labute approximate surface area is 236 Å². The number of carbonyl (C=O) groups excluding carboxylic acids is 3. The van der Waals surface area contributed by atoms with Crippen molar-refractivity contribution in [1.29, 1.82) is 0 Å². The fourth-order valence-corrected chi connectivity index (χ4v) is 4.09. The van der Waals surface area contributed by atoms with Crippen molar-refractivity contribution in [3.63, 3.8) is 0 Å². The Kier molecular flexibility index (Phi) is 12.2. The predicted octanol–water partition coefficient (Wildman–Crippen LogP) is 6.58. The molecule has 40 heavy (non-hydrogen) atoms. The summed E-state index contributed by atoms with van der Waals surface area (Å²) in [5, 5.41) is 2.80. The lowest BCUT2D eigenvalue weighted by Gasteiger charge is -2.16. The zero-order valence-electron chi connectivity index (χ0n) is 23.6. The van der Waals surface area contributed by atoms with Crippen LogP contribution in [0.3, 0.4) is 0 Å². The maximum Gasteiger partial charge on any atom is 0.343 e. The van der Waals surface area contributed by atoms with E-state index in [1.165, 1.54) is 26.2 Å². The summed E-state index contributed by atoms with van der Waals surface area (Å²) in [4.78, 5) is 37.5. The number of ketones is 1. The summed E-state index contributed by atoms with van der Waals surface area (Å²) in [7, 11) is 0. The van der Waals surface area contributed by atoms with Gasteiger partial charge in [0, 0.05) is 5.56 Å². The van der Waals surface area contributed by atoms with E-state index >= 15 is 0 Å². The minimum Gasteiger partial charge on any atom is -0.494 e. The van der Waals surface area contributed by atoms with Crippen LogP contribution in [0.15, 0.2) is 72.8 Å². The summed E-state index contributed by atoms with van der Waals surface area (Å²) in [6.45, 7) is 6.73. The number of esters is 1. The van der Waals surface area contributed by atoms with Gasteiger partial charge >= 0.3 is 5.97 Å². The van der Waals surface area contributed by atoms with Gasteiger partial charge in [0.05, 0.1) is 24.8 Å². The third kappa shape index (κ3) is 9.88. The number of unbranched alkanes of at least 4 members (excludes halogenated alkanes) is 4. The van der Waals surface area contributed by atoms with Gasteiger partial charge in [-0.05, 0) is 92.9 Å². The van der Waals surface area contributed by atoms with Crippen molar-refractivity contribution in [3.8, 4) is 17.2 Å². The van der Waals surface area contributed by atoms with Gasteiger partial charge in [-0.1, -0.05) is 44.7 Å². The summed E-state index contributed by atoms with van der Waals surface area (Å²) in [5.74, 6) is 0.835. The molecule has 0 heterocycles. The lowest BCUT2D eigenvalue weighted by atomic mass is 10.0.